The van der Waals surface area contributed by atoms with E-state index in [9.17, 15) is 4.79 Å². The monoisotopic (exact) mass is 214 g/mol. The third-order valence-electron chi connectivity index (χ3n) is 3.23. The van der Waals surface area contributed by atoms with Crippen molar-refractivity contribution in [2.75, 3.05) is 13.2 Å². The molecular weight excluding hydrogens is 192 g/mol. The molecule has 1 unspecified atom stereocenters. The van der Waals surface area contributed by atoms with Gasteiger partial charge in [-0.1, -0.05) is 26.7 Å². The van der Waals surface area contributed by atoms with Crippen LogP contribution < -0.4 is 0 Å². The standard InChI is InChI=1S/C12H22O3/c1-12(2)6-3-4-10(8-12)5-7-15-11(14)9-13/h10,13H,3-9H2,1-2H3. The molecular formula is C12H22O3. The summed E-state index contributed by atoms with van der Waals surface area (Å²) in [6, 6.07) is 0. The first-order valence-corrected chi connectivity index (χ1v) is 5.80. The molecule has 0 aromatic rings. The summed E-state index contributed by atoms with van der Waals surface area (Å²) in [4.78, 5) is 10.7. The molecule has 1 aliphatic rings. The average molecular weight is 214 g/mol. The number of carbonyl (C=O) groups is 1. The number of hydrogen-bond acceptors (Lipinski definition) is 3. The Morgan fingerprint density at radius 1 is 1.53 bits per heavy atom. The summed E-state index contributed by atoms with van der Waals surface area (Å²) in [5.41, 5.74) is 0.448. The summed E-state index contributed by atoms with van der Waals surface area (Å²) in [5.74, 6) is 0.172. The van der Waals surface area contributed by atoms with Gasteiger partial charge in [-0.3, -0.25) is 0 Å². The Balaban J connectivity index is 2.18. The molecule has 0 spiro atoms. The lowest BCUT2D eigenvalue weighted by atomic mass is 9.71. The first kappa shape index (κ1) is 12.5. The van der Waals surface area contributed by atoms with E-state index in [2.05, 4.69) is 13.8 Å². The van der Waals surface area contributed by atoms with E-state index in [1.807, 2.05) is 0 Å². The van der Waals surface area contributed by atoms with Crippen LogP contribution >= 0.6 is 0 Å². The molecule has 15 heavy (non-hydrogen) atoms. The Hall–Kier alpha value is -0.570. The summed E-state index contributed by atoms with van der Waals surface area (Å²) in [6.07, 6.45) is 6.00. The molecule has 0 amide bonds. The minimum absolute atomic E-state index is 0.448. The molecule has 1 atom stereocenters. The van der Waals surface area contributed by atoms with Gasteiger partial charge in [0.25, 0.3) is 0 Å². The molecule has 0 aliphatic heterocycles. The van der Waals surface area contributed by atoms with Crippen LogP contribution in [0.1, 0.15) is 46.0 Å². The Morgan fingerprint density at radius 2 is 2.27 bits per heavy atom. The zero-order chi connectivity index (χ0) is 11.3. The first-order chi connectivity index (χ1) is 7.03. The van der Waals surface area contributed by atoms with E-state index < -0.39 is 12.6 Å². The maximum Gasteiger partial charge on any atom is 0.331 e. The molecule has 3 heteroatoms. The summed E-state index contributed by atoms with van der Waals surface area (Å²) in [6.45, 7) is 4.56. The highest BCUT2D eigenvalue weighted by Gasteiger charge is 2.27. The lowest BCUT2D eigenvalue weighted by molar-refractivity contribution is -0.147. The molecule has 0 saturated heterocycles. The Bertz CT molecular complexity index is 211. The molecule has 1 N–H and O–H groups in total. The fourth-order valence-corrected chi connectivity index (χ4v) is 2.49. The molecule has 3 nitrogen and oxygen atoms in total. The van der Waals surface area contributed by atoms with Crippen LogP contribution in [0, 0.1) is 11.3 Å². The second-order valence-electron chi connectivity index (χ2n) is 5.29. The van der Waals surface area contributed by atoms with Crippen molar-refractivity contribution in [1.29, 1.82) is 0 Å². The molecule has 1 fully saturated rings. The molecule has 0 aromatic carbocycles. The molecule has 0 bridgehead atoms. The minimum Gasteiger partial charge on any atom is -0.464 e. The van der Waals surface area contributed by atoms with Crippen LogP contribution in [0.25, 0.3) is 0 Å². The number of ether oxygens (including phenoxy) is 1. The van der Waals surface area contributed by atoms with E-state index >= 15 is 0 Å². The predicted octanol–water partition coefficient (Wildman–Crippen LogP) is 2.13. The summed E-state index contributed by atoms with van der Waals surface area (Å²) in [5, 5.41) is 8.48. The smallest absolute Gasteiger partial charge is 0.331 e. The van der Waals surface area contributed by atoms with Gasteiger partial charge in [0.05, 0.1) is 6.61 Å². The summed E-state index contributed by atoms with van der Waals surface area (Å²) >= 11 is 0. The zero-order valence-corrected chi connectivity index (χ0v) is 9.79. The predicted molar refractivity (Wildman–Crippen MR) is 58.4 cm³/mol. The van der Waals surface area contributed by atoms with Gasteiger partial charge in [0.1, 0.15) is 6.61 Å². The van der Waals surface area contributed by atoms with E-state index in [-0.39, 0.29) is 0 Å². The van der Waals surface area contributed by atoms with E-state index in [1.165, 1.54) is 25.7 Å². The molecule has 1 saturated carbocycles. The molecule has 88 valence electrons. The van der Waals surface area contributed by atoms with Crippen molar-refractivity contribution in [2.24, 2.45) is 11.3 Å². The van der Waals surface area contributed by atoms with Crippen molar-refractivity contribution < 1.29 is 14.6 Å². The fraction of sp³-hybridized carbons (Fsp3) is 0.917. The third kappa shape index (κ3) is 4.65. The highest BCUT2D eigenvalue weighted by atomic mass is 16.5. The Morgan fingerprint density at radius 3 is 2.87 bits per heavy atom. The second-order valence-corrected chi connectivity index (χ2v) is 5.29. The van der Waals surface area contributed by atoms with Gasteiger partial charge in [-0.05, 0) is 30.6 Å². The van der Waals surface area contributed by atoms with Gasteiger partial charge in [0, 0.05) is 0 Å². The van der Waals surface area contributed by atoms with Crippen LogP contribution in [0.15, 0.2) is 0 Å². The maximum atomic E-state index is 10.7. The van der Waals surface area contributed by atoms with Gasteiger partial charge in [0.2, 0.25) is 0 Å². The van der Waals surface area contributed by atoms with Crippen LogP contribution in [0.2, 0.25) is 0 Å². The second kappa shape index (κ2) is 5.50. The van der Waals surface area contributed by atoms with Crippen molar-refractivity contribution in [1.82, 2.24) is 0 Å². The Kier molecular flexibility index (Phi) is 4.58. The zero-order valence-electron chi connectivity index (χ0n) is 9.79. The summed E-state index contributed by atoms with van der Waals surface area (Å²) < 4.78 is 4.87. The number of aliphatic hydroxyl groups excluding tert-OH is 1. The topological polar surface area (TPSA) is 46.5 Å². The lowest BCUT2D eigenvalue weighted by Gasteiger charge is -2.35. The molecule has 0 aromatic heterocycles. The van der Waals surface area contributed by atoms with E-state index in [4.69, 9.17) is 9.84 Å². The fourth-order valence-electron chi connectivity index (χ4n) is 2.49. The van der Waals surface area contributed by atoms with Crippen LogP contribution in [0.3, 0.4) is 0 Å². The van der Waals surface area contributed by atoms with Gasteiger partial charge >= 0.3 is 5.97 Å². The first-order valence-electron chi connectivity index (χ1n) is 5.80. The molecule has 1 rings (SSSR count). The highest BCUT2D eigenvalue weighted by Crippen LogP contribution is 2.39. The normalized spacial score (nSPS) is 24.9. The lowest BCUT2D eigenvalue weighted by Crippen LogP contribution is -2.24. The van der Waals surface area contributed by atoms with Gasteiger partial charge in [-0.15, -0.1) is 0 Å². The number of rotatable bonds is 4. The Labute approximate surface area is 91.8 Å². The van der Waals surface area contributed by atoms with E-state index in [1.54, 1.807) is 0 Å². The van der Waals surface area contributed by atoms with Crippen LogP contribution in [-0.2, 0) is 9.53 Å². The van der Waals surface area contributed by atoms with Crippen LogP contribution in [0.4, 0.5) is 0 Å². The van der Waals surface area contributed by atoms with E-state index in [0.29, 0.717) is 17.9 Å². The van der Waals surface area contributed by atoms with Crippen LogP contribution in [-0.4, -0.2) is 24.3 Å². The average Bonchev–Trinajstić information content (AvgIpc) is 2.16. The van der Waals surface area contributed by atoms with E-state index in [0.717, 1.165) is 6.42 Å². The SMILES string of the molecule is CC1(C)CCCC(CCOC(=O)CO)C1. The number of esters is 1. The van der Waals surface area contributed by atoms with Crippen molar-refractivity contribution >= 4 is 5.97 Å². The van der Waals surface area contributed by atoms with Gasteiger partial charge in [-0.25, -0.2) is 4.79 Å². The van der Waals surface area contributed by atoms with Gasteiger partial charge in [-0.2, -0.15) is 0 Å². The maximum absolute atomic E-state index is 10.7. The van der Waals surface area contributed by atoms with Crippen molar-refractivity contribution in [3.63, 3.8) is 0 Å². The highest BCUT2D eigenvalue weighted by molar-refractivity contribution is 5.70. The number of carbonyl (C=O) groups excluding carboxylic acids is 1. The van der Waals surface area contributed by atoms with Gasteiger partial charge < -0.3 is 9.84 Å². The quantitative estimate of drug-likeness (QED) is 0.729. The third-order valence-corrected chi connectivity index (χ3v) is 3.23. The van der Waals surface area contributed by atoms with Crippen molar-refractivity contribution in [3.8, 4) is 0 Å². The molecule has 1 aliphatic carbocycles. The largest absolute Gasteiger partial charge is 0.464 e. The molecule has 0 radical (unpaired) electrons. The van der Waals surface area contributed by atoms with Crippen molar-refractivity contribution in [3.05, 3.63) is 0 Å². The number of aliphatic hydroxyl groups is 1. The minimum atomic E-state index is -0.509. The van der Waals surface area contributed by atoms with Crippen LogP contribution in [0.5, 0.6) is 0 Å². The molecule has 0 heterocycles. The summed E-state index contributed by atoms with van der Waals surface area (Å²) in [7, 11) is 0. The number of hydrogen-bond donors (Lipinski definition) is 1. The van der Waals surface area contributed by atoms with Gasteiger partial charge in [0.15, 0.2) is 0 Å². The van der Waals surface area contributed by atoms with Crippen molar-refractivity contribution in [2.45, 2.75) is 46.0 Å².